The number of anilines is 1. The number of ether oxygens (including phenoxy) is 3. The fourth-order valence-corrected chi connectivity index (χ4v) is 11.5. The molecule has 0 aromatic heterocycles. The van der Waals surface area contributed by atoms with Gasteiger partial charge in [0, 0.05) is 57.6 Å². The molecule has 0 unspecified atom stereocenters. The Morgan fingerprint density at radius 3 is 2.29 bits per heavy atom. The number of piperidine rings is 1. The Labute approximate surface area is 416 Å². The van der Waals surface area contributed by atoms with E-state index in [1.807, 2.05) is 58.0 Å². The zero-order valence-electron chi connectivity index (χ0n) is 43.1. The molecule has 12 atom stereocenters. The van der Waals surface area contributed by atoms with Crippen molar-refractivity contribution < 1.29 is 48.1 Å². The normalized spacial score (nSPS) is 22.9. The maximum Gasteiger partial charge on any atom is 0.326 e. The molecule has 1 aliphatic carbocycles. The van der Waals surface area contributed by atoms with Crippen LogP contribution in [0.15, 0.2) is 48.5 Å². The first-order valence-corrected chi connectivity index (χ1v) is 25.7. The van der Waals surface area contributed by atoms with E-state index in [2.05, 4.69) is 22.5 Å². The molecule has 16 nitrogen and oxygen atoms in total. The van der Waals surface area contributed by atoms with Crippen LogP contribution in [0.2, 0.25) is 0 Å². The molecule has 70 heavy (non-hydrogen) atoms. The van der Waals surface area contributed by atoms with E-state index in [1.165, 1.54) is 7.11 Å². The van der Waals surface area contributed by atoms with E-state index >= 15 is 0 Å². The molecule has 0 radical (unpaired) electrons. The number of unbranched alkanes of at least 4 members (excludes halogenated alkanes) is 3. The number of fused-ring (bicyclic) bond motifs is 2. The van der Waals surface area contributed by atoms with Gasteiger partial charge < -0.3 is 45.5 Å². The lowest BCUT2D eigenvalue weighted by molar-refractivity contribution is -0.148. The zero-order valence-corrected chi connectivity index (χ0v) is 43.1. The number of amides is 4. The number of nitrogens with zero attached hydrogens (tertiary/aromatic N) is 3. The Hall–Kier alpha value is -5.06. The monoisotopic (exact) mass is 975 g/mol. The minimum atomic E-state index is -1.14. The van der Waals surface area contributed by atoms with E-state index in [0.29, 0.717) is 61.4 Å². The predicted octanol–water partition coefficient (Wildman–Crippen LogP) is 5.99. The van der Waals surface area contributed by atoms with Gasteiger partial charge in [-0.05, 0) is 86.4 Å². The number of nitrogen functional groups attached to an aromatic ring is 1. The molecule has 5 N–H and O–H groups in total. The van der Waals surface area contributed by atoms with E-state index in [0.717, 1.165) is 56.9 Å². The van der Waals surface area contributed by atoms with E-state index in [1.54, 1.807) is 49.1 Å². The second-order valence-corrected chi connectivity index (χ2v) is 20.4. The highest BCUT2D eigenvalue weighted by Gasteiger charge is 2.54. The summed E-state index contributed by atoms with van der Waals surface area (Å²) in [5.41, 5.74) is 7.55. The van der Waals surface area contributed by atoms with Gasteiger partial charge in [0.15, 0.2) is 6.29 Å². The van der Waals surface area contributed by atoms with Crippen LogP contribution in [-0.2, 0) is 39.9 Å². The topological polar surface area (TPSA) is 210 Å². The molecular formula is C54H82N6O10. The van der Waals surface area contributed by atoms with Crippen molar-refractivity contribution >= 4 is 41.6 Å². The average molecular weight is 975 g/mol. The standard InChI is InChI=1S/C54H82N6O10/c1-10-34(4)48(45(68-8)31-46(62)59-27-18-21-44(59)50(69-9)36(6)51(63)56-42(54(66)67)29-37-19-14-13-15-20-37)58(7)53(65)47(33(2)3)57-52(64)49-40-24-25-43(35(40)5)60(49)26-16-11-12-17-28-70-39-23-22-38(32-61)41(55)30-39/h13-15,19-20,22-23,30,32-36,40,42-45,47-50H,10-12,16-18,21,24-29,31,55H2,1-9H3,(H,56,63)(H,57,64)(H,66,67)/t34-,35-,36+,40-,42-,43-,44-,45+,47-,48-,49-,50+/m0/s1. The Morgan fingerprint density at radius 1 is 0.943 bits per heavy atom. The number of aliphatic carboxylic acids is 1. The summed E-state index contributed by atoms with van der Waals surface area (Å²) in [5.74, 6) is -1.99. The summed E-state index contributed by atoms with van der Waals surface area (Å²) in [4.78, 5) is 86.4. The minimum Gasteiger partial charge on any atom is -0.494 e. The highest BCUT2D eigenvalue weighted by molar-refractivity contribution is 5.91. The number of carboxylic acid groups (broad SMARTS) is 1. The number of rotatable bonds is 28. The molecular weight excluding hydrogens is 893 g/mol. The van der Waals surface area contributed by atoms with Gasteiger partial charge in [0.05, 0.1) is 49.3 Å². The van der Waals surface area contributed by atoms with Crippen LogP contribution in [0.3, 0.4) is 0 Å². The third kappa shape index (κ3) is 13.7. The lowest BCUT2D eigenvalue weighted by Crippen LogP contribution is -2.60. The molecule has 3 fully saturated rings. The molecule has 2 aromatic rings. The molecule has 2 bridgehead atoms. The summed E-state index contributed by atoms with van der Waals surface area (Å²) in [6.07, 6.45) is 7.22. The molecule has 2 aliphatic heterocycles. The van der Waals surface area contributed by atoms with Gasteiger partial charge in [-0.25, -0.2) is 4.79 Å². The van der Waals surface area contributed by atoms with Gasteiger partial charge in [-0.1, -0.05) is 91.1 Å². The van der Waals surface area contributed by atoms with E-state index < -0.39 is 54.2 Å². The van der Waals surface area contributed by atoms with Crippen molar-refractivity contribution in [2.75, 3.05) is 46.7 Å². The van der Waals surface area contributed by atoms with Crippen molar-refractivity contribution in [2.45, 2.75) is 161 Å². The predicted molar refractivity (Wildman–Crippen MR) is 269 cm³/mol. The molecule has 3 aliphatic rings. The minimum absolute atomic E-state index is 0.0239. The van der Waals surface area contributed by atoms with Gasteiger partial charge in [0.1, 0.15) is 17.8 Å². The first kappa shape index (κ1) is 55.9. The van der Waals surface area contributed by atoms with Gasteiger partial charge >= 0.3 is 5.97 Å². The van der Waals surface area contributed by atoms with Crippen molar-refractivity contribution in [3.05, 3.63) is 59.7 Å². The van der Waals surface area contributed by atoms with Crippen LogP contribution in [0.25, 0.3) is 0 Å². The molecule has 2 aromatic carbocycles. The largest absolute Gasteiger partial charge is 0.494 e. The first-order chi connectivity index (χ1) is 33.5. The maximum absolute atomic E-state index is 14.8. The summed E-state index contributed by atoms with van der Waals surface area (Å²) < 4.78 is 17.9. The van der Waals surface area contributed by atoms with E-state index in [4.69, 9.17) is 19.9 Å². The molecule has 4 amide bonds. The van der Waals surface area contributed by atoms with Crippen LogP contribution in [0.1, 0.15) is 122 Å². The van der Waals surface area contributed by atoms with Crippen LogP contribution in [0.4, 0.5) is 5.69 Å². The van der Waals surface area contributed by atoms with Crippen LogP contribution >= 0.6 is 0 Å². The fourth-order valence-electron chi connectivity index (χ4n) is 11.5. The lowest BCUT2D eigenvalue weighted by Gasteiger charge is -2.41. The van der Waals surface area contributed by atoms with Gasteiger partial charge in [0.2, 0.25) is 23.6 Å². The Kier molecular flexibility index (Phi) is 21.1. The number of nitrogens with one attached hydrogen (secondary N) is 2. The number of aldehydes is 1. The summed E-state index contributed by atoms with van der Waals surface area (Å²) in [7, 11) is 4.80. The van der Waals surface area contributed by atoms with Crippen molar-refractivity contribution in [1.82, 2.24) is 25.3 Å². The smallest absolute Gasteiger partial charge is 0.326 e. The number of methoxy groups -OCH3 is 2. The van der Waals surface area contributed by atoms with E-state index in [9.17, 15) is 33.9 Å². The number of carbonyl (C=O) groups excluding carboxylic acids is 5. The number of benzene rings is 2. The molecule has 16 heteroatoms. The van der Waals surface area contributed by atoms with Crippen LogP contribution in [-0.4, -0.2) is 145 Å². The SMILES string of the molecule is CC[C@H](C)[C@@H]([C@@H](CC(=O)N1CCC[C@H]1[C@H](OC)[C@@H](C)C(=O)N[C@@H](Cc1ccccc1)C(=O)O)OC)N(C)C(=O)[C@@H](NC(=O)[C@@H]1[C@H]2CC[C@@H]([C@H]2C)N1CCCCCCOc1ccc(C=O)c(N)c1)C(C)C. The van der Waals surface area contributed by atoms with Crippen LogP contribution in [0.5, 0.6) is 5.75 Å². The second kappa shape index (κ2) is 26.4. The summed E-state index contributed by atoms with van der Waals surface area (Å²) in [5, 5.41) is 15.9. The number of likely N-dealkylation sites (tertiary alicyclic amines) is 2. The maximum atomic E-state index is 14.8. The number of carboxylic acids is 1. The molecule has 388 valence electrons. The first-order valence-electron chi connectivity index (χ1n) is 25.7. The van der Waals surface area contributed by atoms with Gasteiger partial charge in [-0.2, -0.15) is 0 Å². The van der Waals surface area contributed by atoms with E-state index in [-0.39, 0.29) is 54.4 Å². The number of likely N-dealkylation sites (N-methyl/N-ethyl adjacent to an activating group) is 1. The van der Waals surface area contributed by atoms with Crippen LogP contribution < -0.4 is 21.1 Å². The molecule has 0 spiro atoms. The number of nitrogens with two attached hydrogens (primary N) is 1. The highest BCUT2D eigenvalue weighted by atomic mass is 16.5. The quantitative estimate of drug-likeness (QED) is 0.0440. The third-order valence-corrected chi connectivity index (χ3v) is 15.7. The highest BCUT2D eigenvalue weighted by Crippen LogP contribution is 2.47. The summed E-state index contributed by atoms with van der Waals surface area (Å²) in [6, 6.07) is 11.3. The molecule has 2 heterocycles. The molecule has 1 saturated carbocycles. The second-order valence-electron chi connectivity index (χ2n) is 20.4. The number of hydrogen-bond donors (Lipinski definition) is 4. The van der Waals surface area contributed by atoms with Crippen molar-refractivity contribution in [2.24, 2.45) is 29.6 Å². The summed E-state index contributed by atoms with van der Waals surface area (Å²) in [6.45, 7) is 13.7. The average Bonchev–Trinajstić information content (AvgIpc) is 4.05. The van der Waals surface area contributed by atoms with Crippen molar-refractivity contribution in [3.8, 4) is 5.75 Å². The molecule has 2 saturated heterocycles. The number of carbonyl (C=O) groups is 6. The Balaban J connectivity index is 1.20. The Morgan fingerprint density at radius 2 is 1.66 bits per heavy atom. The van der Waals surface area contributed by atoms with Gasteiger partial charge in [0.25, 0.3) is 0 Å². The Bertz CT molecular complexity index is 2060. The van der Waals surface area contributed by atoms with Crippen molar-refractivity contribution in [1.29, 1.82) is 0 Å². The van der Waals surface area contributed by atoms with Crippen LogP contribution in [0, 0.1) is 29.6 Å². The van der Waals surface area contributed by atoms with Gasteiger partial charge in [-0.3, -0.25) is 28.9 Å². The number of hydrogen-bond acceptors (Lipinski definition) is 11. The third-order valence-electron chi connectivity index (χ3n) is 15.7. The van der Waals surface area contributed by atoms with Crippen molar-refractivity contribution in [3.63, 3.8) is 0 Å². The fraction of sp³-hybridized carbons (Fsp3) is 0.667. The summed E-state index contributed by atoms with van der Waals surface area (Å²) >= 11 is 0. The lowest BCUT2D eigenvalue weighted by atomic mass is 9.89. The zero-order chi connectivity index (χ0) is 51.2. The van der Waals surface area contributed by atoms with Gasteiger partial charge in [-0.15, -0.1) is 0 Å². The molecule has 5 rings (SSSR count).